The van der Waals surface area contributed by atoms with Gasteiger partial charge in [-0.05, 0) is 67.1 Å². The number of carbonyl (C=O) groups excluding carboxylic acids is 1. The van der Waals surface area contributed by atoms with Crippen LogP contribution in [-0.4, -0.2) is 56.9 Å². The number of nitrogens with one attached hydrogen (secondary N) is 2. The summed E-state index contributed by atoms with van der Waals surface area (Å²) < 4.78 is 42.8. The van der Waals surface area contributed by atoms with Crippen LogP contribution in [0.3, 0.4) is 0 Å². The summed E-state index contributed by atoms with van der Waals surface area (Å²) in [7, 11) is -3.47. The fraction of sp³-hybridized carbons (Fsp3) is 0.500. The molecule has 1 aliphatic rings. The number of amides is 1. The Hall–Kier alpha value is -2.72. The molecule has 186 valence electrons. The zero-order valence-electron chi connectivity index (χ0n) is 19.9. The summed E-state index contributed by atoms with van der Waals surface area (Å²) in [5, 5.41) is 6.36. The van der Waals surface area contributed by atoms with Crippen molar-refractivity contribution in [2.45, 2.75) is 38.1 Å². The number of piperidine rings is 1. The van der Waals surface area contributed by atoms with Crippen LogP contribution < -0.4 is 10.6 Å². The Morgan fingerprint density at radius 2 is 1.97 bits per heavy atom. The average molecular weight is 493 g/mol. The molecule has 0 bridgehead atoms. The predicted octanol–water partition coefficient (Wildman–Crippen LogP) is 3.96. The van der Waals surface area contributed by atoms with Crippen LogP contribution in [0.2, 0.25) is 0 Å². The molecule has 1 aromatic carbocycles. The Morgan fingerprint density at radius 1 is 1.24 bits per heavy atom. The third-order valence-electron chi connectivity index (χ3n) is 5.63. The zero-order chi connectivity index (χ0) is 24.7. The second kappa shape index (κ2) is 11.6. The van der Waals surface area contributed by atoms with Gasteiger partial charge >= 0.3 is 6.09 Å². The minimum absolute atomic E-state index is 0.0697. The quantitative estimate of drug-likeness (QED) is 0.546. The SMILES string of the molecule is CC(C)COC(=O)N1CCC(CNCc2ccnc(Nc3ccc(S(C)(=O)=O)cc3F)c2)CC1. The lowest BCUT2D eigenvalue weighted by Crippen LogP contribution is -2.41. The van der Waals surface area contributed by atoms with Gasteiger partial charge in [-0.3, -0.25) is 0 Å². The van der Waals surface area contributed by atoms with Crippen LogP contribution in [-0.2, 0) is 21.1 Å². The maximum atomic E-state index is 14.3. The molecule has 0 spiro atoms. The standard InChI is InChI=1S/C24H33FN4O4S/c1-17(2)16-33-24(30)29-10-7-18(8-11-29)14-26-15-19-6-9-27-23(12-19)28-22-5-4-20(13-21(22)25)34(3,31)32/h4-6,9,12-13,17-18,26H,7-8,10-11,14-16H2,1-3H3,(H,27,28). The molecule has 2 aromatic rings. The fourth-order valence-corrected chi connectivity index (χ4v) is 4.32. The predicted molar refractivity (Wildman–Crippen MR) is 129 cm³/mol. The molecule has 1 aromatic heterocycles. The van der Waals surface area contributed by atoms with Gasteiger partial charge in [-0.15, -0.1) is 0 Å². The number of aromatic nitrogens is 1. The van der Waals surface area contributed by atoms with Crippen LogP contribution in [0.4, 0.5) is 20.7 Å². The molecule has 0 aliphatic carbocycles. The molecule has 1 aliphatic heterocycles. The van der Waals surface area contributed by atoms with Crippen molar-refractivity contribution in [3.63, 3.8) is 0 Å². The third kappa shape index (κ3) is 7.66. The van der Waals surface area contributed by atoms with Gasteiger partial charge < -0.3 is 20.3 Å². The molecule has 0 radical (unpaired) electrons. The smallest absolute Gasteiger partial charge is 0.409 e. The first-order valence-electron chi connectivity index (χ1n) is 11.5. The largest absolute Gasteiger partial charge is 0.449 e. The number of carbonyl (C=O) groups is 1. The lowest BCUT2D eigenvalue weighted by molar-refractivity contribution is 0.0789. The number of rotatable bonds is 9. The van der Waals surface area contributed by atoms with E-state index in [4.69, 9.17) is 4.74 Å². The molecule has 1 fully saturated rings. The number of hydrogen-bond donors (Lipinski definition) is 2. The lowest BCUT2D eigenvalue weighted by Gasteiger charge is -2.31. The molecule has 8 nitrogen and oxygen atoms in total. The van der Waals surface area contributed by atoms with Crippen molar-refractivity contribution in [3.05, 3.63) is 47.9 Å². The third-order valence-corrected chi connectivity index (χ3v) is 6.74. The molecule has 2 N–H and O–H groups in total. The summed E-state index contributed by atoms with van der Waals surface area (Å²) in [6.07, 6.45) is 4.31. The lowest BCUT2D eigenvalue weighted by atomic mass is 9.97. The molecule has 0 saturated carbocycles. The first-order valence-corrected chi connectivity index (χ1v) is 13.3. The topological polar surface area (TPSA) is 101 Å². The molecule has 0 atom stereocenters. The first kappa shape index (κ1) is 25.9. The summed E-state index contributed by atoms with van der Waals surface area (Å²) >= 11 is 0. The van der Waals surface area contributed by atoms with Crippen LogP contribution in [0.15, 0.2) is 41.4 Å². The Morgan fingerprint density at radius 3 is 2.62 bits per heavy atom. The van der Waals surface area contributed by atoms with E-state index in [1.54, 1.807) is 11.1 Å². The van der Waals surface area contributed by atoms with Crippen LogP contribution in [0, 0.1) is 17.7 Å². The molecule has 3 rings (SSSR count). The number of anilines is 2. The maximum absolute atomic E-state index is 14.3. The Labute approximate surface area is 200 Å². The summed E-state index contributed by atoms with van der Waals surface area (Å²) in [5.74, 6) is 0.622. The van der Waals surface area contributed by atoms with Crippen molar-refractivity contribution in [1.82, 2.24) is 15.2 Å². The van der Waals surface area contributed by atoms with Crippen LogP contribution in [0.1, 0.15) is 32.3 Å². The van der Waals surface area contributed by atoms with Gasteiger partial charge in [-0.2, -0.15) is 0 Å². The monoisotopic (exact) mass is 492 g/mol. The maximum Gasteiger partial charge on any atom is 0.409 e. The number of nitrogens with zero attached hydrogens (tertiary/aromatic N) is 2. The highest BCUT2D eigenvalue weighted by molar-refractivity contribution is 7.90. The van der Waals surface area contributed by atoms with Crippen molar-refractivity contribution in [3.8, 4) is 0 Å². The summed E-state index contributed by atoms with van der Waals surface area (Å²) in [6.45, 7) is 7.35. The van der Waals surface area contributed by atoms with E-state index in [1.165, 1.54) is 12.1 Å². The van der Waals surface area contributed by atoms with Crippen molar-refractivity contribution in [2.24, 2.45) is 11.8 Å². The summed E-state index contributed by atoms with van der Waals surface area (Å²) in [4.78, 5) is 18.0. The number of hydrogen-bond acceptors (Lipinski definition) is 7. The van der Waals surface area contributed by atoms with Gasteiger partial charge in [0.25, 0.3) is 0 Å². The van der Waals surface area contributed by atoms with Gasteiger partial charge in [-0.1, -0.05) is 13.8 Å². The van der Waals surface area contributed by atoms with E-state index in [0.717, 1.165) is 37.3 Å². The molecule has 0 unspecified atom stereocenters. The second-order valence-corrected chi connectivity index (χ2v) is 11.1. The molecular formula is C24H33FN4O4S. The van der Waals surface area contributed by atoms with Gasteiger partial charge in [0.2, 0.25) is 0 Å². The van der Waals surface area contributed by atoms with E-state index in [9.17, 15) is 17.6 Å². The van der Waals surface area contributed by atoms with Gasteiger partial charge in [0.1, 0.15) is 11.6 Å². The van der Waals surface area contributed by atoms with E-state index in [2.05, 4.69) is 15.6 Å². The van der Waals surface area contributed by atoms with Crippen molar-refractivity contribution in [2.75, 3.05) is 37.8 Å². The van der Waals surface area contributed by atoms with Crippen molar-refractivity contribution >= 4 is 27.4 Å². The van der Waals surface area contributed by atoms with E-state index < -0.39 is 15.7 Å². The number of benzene rings is 1. The van der Waals surface area contributed by atoms with E-state index in [0.29, 0.717) is 43.9 Å². The Bertz CT molecular complexity index is 1090. The minimum atomic E-state index is -3.47. The first-order chi connectivity index (χ1) is 16.1. The number of pyridine rings is 1. The molecule has 1 amide bonds. The average Bonchev–Trinajstić information content (AvgIpc) is 2.79. The molecular weight excluding hydrogens is 459 g/mol. The fourth-order valence-electron chi connectivity index (χ4n) is 3.69. The number of sulfone groups is 1. The van der Waals surface area contributed by atoms with Gasteiger partial charge in [0, 0.05) is 32.1 Å². The number of ether oxygens (including phenoxy) is 1. The van der Waals surface area contributed by atoms with Gasteiger partial charge in [0.15, 0.2) is 9.84 Å². The minimum Gasteiger partial charge on any atom is -0.449 e. The van der Waals surface area contributed by atoms with Crippen molar-refractivity contribution in [1.29, 1.82) is 0 Å². The van der Waals surface area contributed by atoms with Crippen LogP contribution in [0.25, 0.3) is 0 Å². The molecule has 10 heteroatoms. The van der Waals surface area contributed by atoms with Gasteiger partial charge in [-0.25, -0.2) is 22.6 Å². The highest BCUT2D eigenvalue weighted by atomic mass is 32.2. The molecule has 1 saturated heterocycles. The van der Waals surface area contributed by atoms with E-state index in [-0.39, 0.29) is 16.7 Å². The number of halogens is 1. The molecule has 2 heterocycles. The zero-order valence-corrected chi connectivity index (χ0v) is 20.7. The van der Waals surface area contributed by atoms with Crippen LogP contribution in [0.5, 0.6) is 0 Å². The Balaban J connectivity index is 1.45. The molecule has 34 heavy (non-hydrogen) atoms. The normalized spacial score (nSPS) is 14.9. The second-order valence-electron chi connectivity index (χ2n) is 9.12. The van der Waals surface area contributed by atoms with Gasteiger partial charge in [0.05, 0.1) is 17.2 Å². The number of likely N-dealkylation sites (tertiary alicyclic amines) is 1. The van der Waals surface area contributed by atoms with Crippen molar-refractivity contribution < 1.29 is 22.3 Å². The summed E-state index contributed by atoms with van der Waals surface area (Å²) in [5.41, 5.74) is 1.14. The van der Waals surface area contributed by atoms with E-state index >= 15 is 0 Å². The highest BCUT2D eigenvalue weighted by Gasteiger charge is 2.23. The summed E-state index contributed by atoms with van der Waals surface area (Å²) in [6, 6.07) is 7.46. The van der Waals surface area contributed by atoms with Crippen LogP contribution >= 0.6 is 0 Å². The Kier molecular flexibility index (Phi) is 8.84. The van der Waals surface area contributed by atoms with E-state index in [1.807, 2.05) is 26.0 Å². The highest BCUT2D eigenvalue weighted by Crippen LogP contribution is 2.23.